The fourth-order valence-electron chi connectivity index (χ4n) is 3.26. The van der Waals surface area contributed by atoms with Crippen LogP contribution in [0, 0.1) is 10.1 Å². The molecule has 0 heterocycles. The van der Waals surface area contributed by atoms with E-state index in [2.05, 4.69) is 17.4 Å². The van der Waals surface area contributed by atoms with E-state index in [-0.39, 0.29) is 24.0 Å². The summed E-state index contributed by atoms with van der Waals surface area (Å²) < 4.78 is 5.36. The molecule has 0 aliphatic heterocycles. The molecule has 1 amide bonds. The number of carbonyl (C=O) groups excluding carboxylic acids is 1. The molecule has 6 heteroatoms. The van der Waals surface area contributed by atoms with Crippen LogP contribution in [0.5, 0.6) is 5.75 Å². The molecule has 1 aliphatic rings. The zero-order chi connectivity index (χ0) is 18.8. The van der Waals surface area contributed by atoms with E-state index in [0.29, 0.717) is 5.69 Å². The summed E-state index contributed by atoms with van der Waals surface area (Å²) >= 11 is 0. The standard InChI is InChI=1S/C21H16N2O4/c24-21(13-27-18-6-3-5-17(12-18)23(25)26)22-16-8-9-20-15(11-16)10-14-4-1-2-7-19(14)20/h1-9,11-12H,10,13H2,(H,22,24). The smallest absolute Gasteiger partial charge is 0.273 e. The highest BCUT2D eigenvalue weighted by Gasteiger charge is 2.18. The Balaban J connectivity index is 1.40. The quantitative estimate of drug-likeness (QED) is 0.427. The van der Waals surface area contributed by atoms with Gasteiger partial charge in [0, 0.05) is 11.8 Å². The van der Waals surface area contributed by atoms with Crippen LogP contribution >= 0.6 is 0 Å². The van der Waals surface area contributed by atoms with Crippen molar-refractivity contribution >= 4 is 17.3 Å². The topological polar surface area (TPSA) is 81.5 Å². The van der Waals surface area contributed by atoms with E-state index in [9.17, 15) is 14.9 Å². The van der Waals surface area contributed by atoms with Crippen molar-refractivity contribution in [1.82, 2.24) is 0 Å². The Hall–Kier alpha value is -3.67. The molecule has 0 spiro atoms. The Labute approximate surface area is 155 Å². The van der Waals surface area contributed by atoms with Crippen LogP contribution in [0.3, 0.4) is 0 Å². The predicted molar refractivity (Wildman–Crippen MR) is 102 cm³/mol. The SMILES string of the molecule is O=C(COc1cccc([N+](=O)[O-])c1)Nc1ccc2c(c1)Cc1ccccc1-2. The van der Waals surface area contributed by atoms with Gasteiger partial charge in [-0.05, 0) is 46.9 Å². The lowest BCUT2D eigenvalue weighted by molar-refractivity contribution is -0.384. The second kappa shape index (κ2) is 6.92. The van der Waals surface area contributed by atoms with E-state index in [0.717, 1.165) is 6.42 Å². The van der Waals surface area contributed by atoms with E-state index in [1.807, 2.05) is 30.3 Å². The molecule has 0 atom stereocenters. The van der Waals surface area contributed by atoms with Crippen molar-refractivity contribution in [2.24, 2.45) is 0 Å². The molecule has 134 valence electrons. The maximum atomic E-state index is 12.2. The molecule has 4 rings (SSSR count). The van der Waals surface area contributed by atoms with Crippen LogP contribution in [-0.4, -0.2) is 17.4 Å². The molecule has 6 nitrogen and oxygen atoms in total. The number of nitrogens with zero attached hydrogens (tertiary/aromatic N) is 1. The number of hydrogen-bond donors (Lipinski definition) is 1. The number of non-ortho nitro benzene ring substituents is 1. The molecule has 0 aromatic heterocycles. The number of anilines is 1. The van der Waals surface area contributed by atoms with Crippen LogP contribution in [0.2, 0.25) is 0 Å². The normalized spacial score (nSPS) is 11.4. The van der Waals surface area contributed by atoms with Gasteiger partial charge in [-0.15, -0.1) is 0 Å². The second-order valence-electron chi connectivity index (χ2n) is 6.30. The van der Waals surface area contributed by atoms with Crippen LogP contribution in [0.1, 0.15) is 11.1 Å². The van der Waals surface area contributed by atoms with Gasteiger partial charge in [0.2, 0.25) is 0 Å². The van der Waals surface area contributed by atoms with Crippen molar-refractivity contribution in [1.29, 1.82) is 0 Å². The predicted octanol–water partition coefficient (Wildman–Crippen LogP) is 4.18. The number of nitrogens with one attached hydrogen (secondary N) is 1. The molecule has 27 heavy (non-hydrogen) atoms. The highest BCUT2D eigenvalue weighted by molar-refractivity contribution is 5.92. The molecule has 0 saturated heterocycles. The Morgan fingerprint density at radius 3 is 2.67 bits per heavy atom. The molecule has 0 saturated carbocycles. The first-order chi connectivity index (χ1) is 13.1. The minimum atomic E-state index is -0.504. The van der Waals surface area contributed by atoms with E-state index < -0.39 is 4.92 Å². The van der Waals surface area contributed by atoms with E-state index >= 15 is 0 Å². The number of ether oxygens (including phenoxy) is 1. The first-order valence-electron chi connectivity index (χ1n) is 8.48. The van der Waals surface area contributed by atoms with Gasteiger partial charge in [-0.25, -0.2) is 0 Å². The maximum absolute atomic E-state index is 12.2. The monoisotopic (exact) mass is 360 g/mol. The lowest BCUT2D eigenvalue weighted by Crippen LogP contribution is -2.20. The van der Waals surface area contributed by atoms with Gasteiger partial charge in [-0.2, -0.15) is 0 Å². The molecule has 0 radical (unpaired) electrons. The summed E-state index contributed by atoms with van der Waals surface area (Å²) in [6, 6.07) is 19.9. The number of amides is 1. The summed E-state index contributed by atoms with van der Waals surface area (Å²) in [6.45, 7) is -0.224. The van der Waals surface area contributed by atoms with Crippen LogP contribution in [-0.2, 0) is 11.2 Å². The third kappa shape index (κ3) is 3.50. The molecule has 1 N–H and O–H groups in total. The summed E-state index contributed by atoms with van der Waals surface area (Å²) in [4.78, 5) is 22.4. The van der Waals surface area contributed by atoms with E-state index in [4.69, 9.17) is 4.74 Å². The minimum absolute atomic E-state index is 0.0777. The molecule has 0 fully saturated rings. The van der Waals surface area contributed by atoms with Gasteiger partial charge < -0.3 is 10.1 Å². The lowest BCUT2D eigenvalue weighted by Gasteiger charge is -2.09. The third-order valence-electron chi connectivity index (χ3n) is 4.48. The average molecular weight is 360 g/mol. The summed E-state index contributed by atoms with van der Waals surface area (Å²) in [5.41, 5.74) is 5.51. The van der Waals surface area contributed by atoms with Crippen molar-refractivity contribution in [3.63, 3.8) is 0 Å². The molecule has 0 bridgehead atoms. The van der Waals surface area contributed by atoms with Crippen LogP contribution < -0.4 is 10.1 Å². The van der Waals surface area contributed by atoms with Gasteiger partial charge in [0.05, 0.1) is 11.0 Å². The number of nitro benzene ring substituents is 1. The fourth-order valence-corrected chi connectivity index (χ4v) is 3.26. The van der Waals surface area contributed by atoms with Gasteiger partial charge >= 0.3 is 0 Å². The van der Waals surface area contributed by atoms with Crippen molar-refractivity contribution in [3.05, 3.63) is 88.0 Å². The number of benzene rings is 3. The highest BCUT2D eigenvalue weighted by atomic mass is 16.6. The molecule has 3 aromatic rings. The van der Waals surface area contributed by atoms with Crippen molar-refractivity contribution in [2.45, 2.75) is 6.42 Å². The lowest BCUT2D eigenvalue weighted by atomic mass is 10.1. The second-order valence-corrected chi connectivity index (χ2v) is 6.30. The summed E-state index contributed by atoms with van der Waals surface area (Å²) in [6.07, 6.45) is 0.847. The fraction of sp³-hybridized carbons (Fsp3) is 0.0952. The van der Waals surface area contributed by atoms with Gasteiger partial charge in [0.15, 0.2) is 6.61 Å². The van der Waals surface area contributed by atoms with Gasteiger partial charge in [-0.1, -0.05) is 36.4 Å². The third-order valence-corrected chi connectivity index (χ3v) is 4.48. The van der Waals surface area contributed by atoms with Gasteiger partial charge in [0.25, 0.3) is 11.6 Å². The number of rotatable bonds is 5. The van der Waals surface area contributed by atoms with Crippen molar-refractivity contribution in [3.8, 4) is 16.9 Å². The number of hydrogen-bond acceptors (Lipinski definition) is 4. The van der Waals surface area contributed by atoms with Crippen LogP contribution in [0.4, 0.5) is 11.4 Å². The molecular formula is C21H16N2O4. The number of fused-ring (bicyclic) bond motifs is 3. The van der Waals surface area contributed by atoms with Crippen molar-refractivity contribution in [2.75, 3.05) is 11.9 Å². The summed E-state index contributed by atoms with van der Waals surface area (Å²) in [5, 5.41) is 13.6. The summed E-state index contributed by atoms with van der Waals surface area (Å²) in [5.74, 6) is -0.0410. The number of nitro groups is 1. The molecular weight excluding hydrogens is 344 g/mol. The first kappa shape index (κ1) is 16.8. The summed E-state index contributed by atoms with van der Waals surface area (Å²) in [7, 11) is 0. The number of carbonyl (C=O) groups is 1. The Kier molecular flexibility index (Phi) is 4.30. The highest BCUT2D eigenvalue weighted by Crippen LogP contribution is 2.37. The Morgan fingerprint density at radius 1 is 1.00 bits per heavy atom. The zero-order valence-electron chi connectivity index (χ0n) is 14.3. The molecule has 0 unspecified atom stereocenters. The minimum Gasteiger partial charge on any atom is -0.484 e. The van der Waals surface area contributed by atoms with Crippen LogP contribution in [0.25, 0.3) is 11.1 Å². The van der Waals surface area contributed by atoms with Crippen LogP contribution in [0.15, 0.2) is 66.7 Å². The molecule has 1 aliphatic carbocycles. The van der Waals surface area contributed by atoms with Gasteiger partial charge in [-0.3, -0.25) is 14.9 Å². The van der Waals surface area contributed by atoms with E-state index in [1.165, 1.54) is 40.5 Å². The average Bonchev–Trinajstić information content (AvgIpc) is 3.04. The zero-order valence-corrected chi connectivity index (χ0v) is 14.3. The first-order valence-corrected chi connectivity index (χ1v) is 8.48. The van der Waals surface area contributed by atoms with Gasteiger partial charge in [0.1, 0.15) is 5.75 Å². The Morgan fingerprint density at radius 2 is 1.81 bits per heavy atom. The Bertz CT molecular complexity index is 1050. The largest absolute Gasteiger partial charge is 0.484 e. The van der Waals surface area contributed by atoms with Crippen molar-refractivity contribution < 1.29 is 14.5 Å². The maximum Gasteiger partial charge on any atom is 0.273 e. The van der Waals surface area contributed by atoms with E-state index in [1.54, 1.807) is 6.07 Å². The molecule has 3 aromatic carbocycles.